The van der Waals surface area contributed by atoms with Crippen LogP contribution in [-0.2, 0) is 0 Å². The van der Waals surface area contributed by atoms with Crippen molar-refractivity contribution in [2.75, 3.05) is 24.2 Å². The van der Waals surface area contributed by atoms with Crippen LogP contribution in [0.25, 0.3) is 0 Å². The van der Waals surface area contributed by atoms with Gasteiger partial charge in [0, 0.05) is 13.6 Å². The van der Waals surface area contributed by atoms with Crippen LogP contribution in [0.3, 0.4) is 0 Å². The van der Waals surface area contributed by atoms with E-state index in [4.69, 9.17) is 11.0 Å². The number of aliphatic hydroxyl groups is 1. The topological polar surface area (TPSA) is 86.2 Å². The van der Waals surface area contributed by atoms with Crippen LogP contribution in [0.2, 0.25) is 0 Å². The Hall–Kier alpha value is -1.80. The summed E-state index contributed by atoms with van der Waals surface area (Å²) in [6.07, 6.45) is 1.50. The number of nitrogen functional groups attached to an aromatic ring is 1. The zero-order valence-corrected chi connectivity index (χ0v) is 9.73. The fourth-order valence-corrected chi connectivity index (χ4v) is 1.52. The lowest BCUT2D eigenvalue weighted by atomic mass is 10.1. The molecule has 3 N–H and O–H groups in total. The number of hydrogen-bond acceptors (Lipinski definition) is 5. The highest BCUT2D eigenvalue weighted by atomic mass is 16.3. The Morgan fingerprint density at radius 3 is 2.75 bits per heavy atom. The first-order valence-electron chi connectivity index (χ1n) is 4.92. The lowest BCUT2D eigenvalue weighted by Gasteiger charge is -2.26. The summed E-state index contributed by atoms with van der Waals surface area (Å²) in [5.41, 5.74) is 5.57. The summed E-state index contributed by atoms with van der Waals surface area (Å²) in [7, 11) is 1.78. The molecular formula is C11H16N4O. The molecule has 0 aliphatic rings. The smallest absolute Gasteiger partial charge is 0.146 e. The lowest BCUT2D eigenvalue weighted by Crippen LogP contribution is -2.37. The molecule has 0 radical (unpaired) electrons. The van der Waals surface area contributed by atoms with Crippen LogP contribution in [0.4, 0.5) is 11.5 Å². The number of nitriles is 1. The van der Waals surface area contributed by atoms with Crippen molar-refractivity contribution in [1.82, 2.24) is 4.98 Å². The molecule has 0 atom stereocenters. The predicted molar refractivity (Wildman–Crippen MR) is 62.9 cm³/mol. The molecule has 16 heavy (non-hydrogen) atoms. The minimum atomic E-state index is -0.843. The molecule has 5 nitrogen and oxygen atoms in total. The molecule has 0 fully saturated rings. The first-order chi connectivity index (χ1) is 7.33. The molecule has 1 heterocycles. The Kier molecular flexibility index (Phi) is 3.35. The summed E-state index contributed by atoms with van der Waals surface area (Å²) in [4.78, 5) is 5.83. The number of anilines is 2. The van der Waals surface area contributed by atoms with Crippen LogP contribution in [0.5, 0.6) is 0 Å². The molecule has 0 amide bonds. The Balaban J connectivity index is 3.00. The third-order valence-corrected chi connectivity index (χ3v) is 1.99. The zero-order chi connectivity index (χ0) is 12.3. The van der Waals surface area contributed by atoms with Gasteiger partial charge in [0.25, 0.3) is 0 Å². The summed E-state index contributed by atoms with van der Waals surface area (Å²) in [5, 5.41) is 18.6. The Morgan fingerprint density at radius 2 is 2.25 bits per heavy atom. The second kappa shape index (κ2) is 4.37. The molecule has 0 unspecified atom stereocenters. The molecule has 5 heteroatoms. The highest BCUT2D eigenvalue weighted by Crippen LogP contribution is 2.19. The Bertz CT molecular complexity index is 417. The van der Waals surface area contributed by atoms with Crippen molar-refractivity contribution in [2.24, 2.45) is 0 Å². The number of pyridine rings is 1. The lowest BCUT2D eigenvalue weighted by molar-refractivity contribution is 0.0884. The van der Waals surface area contributed by atoms with Crippen molar-refractivity contribution in [2.45, 2.75) is 19.4 Å². The highest BCUT2D eigenvalue weighted by Gasteiger charge is 2.18. The van der Waals surface area contributed by atoms with Gasteiger partial charge in [-0.05, 0) is 19.9 Å². The van der Waals surface area contributed by atoms with Crippen LogP contribution >= 0.6 is 0 Å². The summed E-state index contributed by atoms with van der Waals surface area (Å²) in [6, 6.07) is 3.61. The van der Waals surface area contributed by atoms with Gasteiger partial charge in [-0.3, -0.25) is 0 Å². The molecule has 1 aromatic heterocycles. The van der Waals surface area contributed by atoms with Crippen LogP contribution in [-0.4, -0.2) is 29.3 Å². The third kappa shape index (κ3) is 3.11. The number of aromatic nitrogens is 1. The van der Waals surface area contributed by atoms with Crippen molar-refractivity contribution in [3.8, 4) is 6.07 Å². The van der Waals surface area contributed by atoms with Crippen molar-refractivity contribution in [3.63, 3.8) is 0 Å². The second-order valence-electron chi connectivity index (χ2n) is 4.42. The quantitative estimate of drug-likeness (QED) is 0.784. The van der Waals surface area contributed by atoms with Gasteiger partial charge >= 0.3 is 0 Å². The largest absolute Gasteiger partial charge is 0.397 e. The van der Waals surface area contributed by atoms with E-state index in [0.29, 0.717) is 23.6 Å². The van der Waals surface area contributed by atoms with E-state index in [1.54, 1.807) is 31.9 Å². The van der Waals surface area contributed by atoms with Gasteiger partial charge in [-0.15, -0.1) is 0 Å². The zero-order valence-electron chi connectivity index (χ0n) is 9.73. The third-order valence-electron chi connectivity index (χ3n) is 1.99. The van der Waals surface area contributed by atoms with Gasteiger partial charge in [0.05, 0.1) is 23.0 Å². The van der Waals surface area contributed by atoms with Crippen molar-refractivity contribution < 1.29 is 5.11 Å². The number of hydrogen-bond donors (Lipinski definition) is 2. The maximum Gasteiger partial charge on any atom is 0.146 e. The van der Waals surface area contributed by atoms with Gasteiger partial charge in [0.15, 0.2) is 0 Å². The monoisotopic (exact) mass is 220 g/mol. The van der Waals surface area contributed by atoms with Crippen LogP contribution in [0, 0.1) is 11.3 Å². The van der Waals surface area contributed by atoms with Crippen LogP contribution < -0.4 is 10.6 Å². The summed E-state index contributed by atoms with van der Waals surface area (Å²) in [5.74, 6) is 0.527. The number of likely N-dealkylation sites (N-methyl/N-ethyl adjacent to an activating group) is 1. The van der Waals surface area contributed by atoms with Gasteiger partial charge in [0.2, 0.25) is 0 Å². The minimum Gasteiger partial charge on any atom is -0.397 e. The minimum absolute atomic E-state index is 0.387. The van der Waals surface area contributed by atoms with E-state index in [1.165, 1.54) is 6.20 Å². The molecule has 0 aromatic carbocycles. The van der Waals surface area contributed by atoms with E-state index in [1.807, 2.05) is 6.07 Å². The fourth-order valence-electron chi connectivity index (χ4n) is 1.52. The molecule has 0 saturated heterocycles. The van der Waals surface area contributed by atoms with E-state index in [-0.39, 0.29) is 0 Å². The van der Waals surface area contributed by atoms with E-state index >= 15 is 0 Å². The van der Waals surface area contributed by atoms with E-state index < -0.39 is 5.60 Å². The number of nitrogens with zero attached hydrogens (tertiary/aromatic N) is 3. The van der Waals surface area contributed by atoms with E-state index in [9.17, 15) is 5.11 Å². The van der Waals surface area contributed by atoms with Crippen molar-refractivity contribution in [3.05, 3.63) is 17.8 Å². The fraction of sp³-hybridized carbons (Fsp3) is 0.455. The summed E-state index contributed by atoms with van der Waals surface area (Å²) in [6.45, 7) is 3.79. The van der Waals surface area contributed by atoms with Crippen LogP contribution in [0.15, 0.2) is 12.3 Å². The maximum absolute atomic E-state index is 9.69. The molecule has 1 aromatic rings. The normalized spacial score (nSPS) is 10.9. The maximum atomic E-state index is 9.69. The molecule has 0 bridgehead atoms. The van der Waals surface area contributed by atoms with Gasteiger partial charge < -0.3 is 15.7 Å². The molecule has 86 valence electrons. The number of rotatable bonds is 3. The van der Waals surface area contributed by atoms with Gasteiger partial charge in [0.1, 0.15) is 11.9 Å². The summed E-state index contributed by atoms with van der Waals surface area (Å²) < 4.78 is 0. The second-order valence-corrected chi connectivity index (χ2v) is 4.42. The van der Waals surface area contributed by atoms with Crippen LogP contribution in [0.1, 0.15) is 19.4 Å². The first-order valence-corrected chi connectivity index (χ1v) is 4.92. The average molecular weight is 220 g/mol. The predicted octanol–water partition coefficient (Wildman–Crippen LogP) is 0.743. The van der Waals surface area contributed by atoms with E-state index in [2.05, 4.69) is 4.98 Å². The van der Waals surface area contributed by atoms with Gasteiger partial charge in [-0.1, -0.05) is 0 Å². The van der Waals surface area contributed by atoms with Crippen molar-refractivity contribution >= 4 is 11.5 Å². The molecule has 0 saturated carbocycles. The molecule has 0 spiro atoms. The van der Waals surface area contributed by atoms with Gasteiger partial charge in [-0.25, -0.2) is 4.98 Å². The number of nitrogens with two attached hydrogens (primary N) is 1. The standard InChI is InChI=1S/C11H16N4O/c1-11(2,16)7-15(3)10-8(5-12)4-9(13)6-14-10/h4,6,16H,7,13H2,1-3H3. The molecule has 0 aliphatic carbocycles. The van der Waals surface area contributed by atoms with Crippen molar-refractivity contribution in [1.29, 1.82) is 5.26 Å². The van der Waals surface area contributed by atoms with Gasteiger partial charge in [-0.2, -0.15) is 5.26 Å². The molecule has 0 aliphatic heterocycles. The Labute approximate surface area is 95.1 Å². The average Bonchev–Trinajstić information content (AvgIpc) is 2.14. The highest BCUT2D eigenvalue weighted by molar-refractivity contribution is 5.58. The Morgan fingerprint density at radius 1 is 1.62 bits per heavy atom. The molecule has 1 rings (SSSR count). The molecular weight excluding hydrogens is 204 g/mol. The van der Waals surface area contributed by atoms with E-state index in [0.717, 1.165) is 0 Å². The SMILES string of the molecule is CN(CC(C)(C)O)c1ncc(N)cc1C#N. The first kappa shape index (κ1) is 12.3. The summed E-state index contributed by atoms with van der Waals surface area (Å²) >= 11 is 0.